The van der Waals surface area contributed by atoms with E-state index < -0.39 is 29.7 Å². The van der Waals surface area contributed by atoms with E-state index >= 15 is 0 Å². The first kappa shape index (κ1) is 27.8. The van der Waals surface area contributed by atoms with Crippen molar-refractivity contribution in [3.63, 3.8) is 0 Å². The van der Waals surface area contributed by atoms with Crippen molar-refractivity contribution in [2.45, 2.75) is 84.5 Å². The van der Waals surface area contributed by atoms with E-state index in [2.05, 4.69) is 20.5 Å². The van der Waals surface area contributed by atoms with Gasteiger partial charge in [-0.25, -0.2) is 9.59 Å². The van der Waals surface area contributed by atoms with Crippen molar-refractivity contribution in [3.8, 4) is 0 Å². The molecule has 1 aliphatic carbocycles. The molecule has 2 rings (SSSR count). The Bertz CT molecular complexity index is 804. The van der Waals surface area contributed by atoms with Crippen molar-refractivity contribution < 1.29 is 29.0 Å². The predicted octanol–water partition coefficient (Wildman–Crippen LogP) is 2.33. The second-order valence-electron chi connectivity index (χ2n) is 9.99. The van der Waals surface area contributed by atoms with E-state index in [-0.39, 0.29) is 23.9 Å². The predicted molar refractivity (Wildman–Crippen MR) is 129 cm³/mol. The van der Waals surface area contributed by atoms with Crippen molar-refractivity contribution in [2.24, 2.45) is 10.9 Å². The summed E-state index contributed by atoms with van der Waals surface area (Å²) >= 11 is 0. The molecule has 0 bridgehead atoms. The van der Waals surface area contributed by atoms with Gasteiger partial charge in [-0.2, -0.15) is 0 Å². The third-order valence-electron chi connectivity index (χ3n) is 5.80. The van der Waals surface area contributed by atoms with Gasteiger partial charge in [0.25, 0.3) is 0 Å². The SMILES string of the molecule is CCOC[C@H]1CCCN([C@@H]2C=C(C(=O)O)C[C@H](N=C(C)NC(=O)OC(C)(C)C)[C@H]2NC(C)=O)C1. The molecule has 34 heavy (non-hydrogen) atoms. The molecule has 2 aliphatic rings. The van der Waals surface area contributed by atoms with Crippen LogP contribution in [0.4, 0.5) is 4.79 Å². The Morgan fingerprint density at radius 1 is 1.26 bits per heavy atom. The van der Waals surface area contributed by atoms with Crippen molar-refractivity contribution in [2.75, 3.05) is 26.3 Å². The highest BCUT2D eigenvalue weighted by Gasteiger charge is 2.40. The lowest BCUT2D eigenvalue weighted by Crippen LogP contribution is -2.59. The lowest BCUT2D eigenvalue weighted by molar-refractivity contribution is -0.133. The number of hydrogen-bond acceptors (Lipinski definition) is 7. The number of amidine groups is 1. The van der Waals surface area contributed by atoms with Crippen LogP contribution in [-0.4, -0.2) is 83.8 Å². The van der Waals surface area contributed by atoms with Crippen LogP contribution in [0.3, 0.4) is 0 Å². The standard InChI is InChI=1S/C24H40N4O6/c1-7-33-14-17-9-8-10-28(13-17)20-12-18(22(30)31)11-19(21(20)27-16(3)29)25-15(2)26-23(32)34-24(4,5)6/h12,17,19-21H,7-11,13-14H2,1-6H3,(H,27,29)(H,30,31)(H,25,26,32)/t17-,19-,20+,21+/m0/s1. The number of nitrogens with zero attached hydrogens (tertiary/aromatic N) is 2. The number of likely N-dealkylation sites (tertiary alicyclic amines) is 1. The Morgan fingerprint density at radius 2 is 1.97 bits per heavy atom. The van der Waals surface area contributed by atoms with Crippen molar-refractivity contribution in [1.29, 1.82) is 0 Å². The molecule has 0 unspecified atom stereocenters. The van der Waals surface area contributed by atoms with Gasteiger partial charge < -0.3 is 19.9 Å². The van der Waals surface area contributed by atoms with Crippen LogP contribution in [0.15, 0.2) is 16.6 Å². The molecule has 2 amide bonds. The zero-order chi connectivity index (χ0) is 25.5. The number of alkyl carbamates (subject to hydrolysis) is 1. The molecule has 0 aromatic heterocycles. The van der Waals surface area contributed by atoms with Crippen LogP contribution >= 0.6 is 0 Å². The zero-order valence-corrected chi connectivity index (χ0v) is 21.2. The monoisotopic (exact) mass is 480 g/mol. The van der Waals surface area contributed by atoms with Crippen LogP contribution < -0.4 is 10.6 Å². The maximum atomic E-state index is 12.2. The lowest BCUT2D eigenvalue weighted by Gasteiger charge is -2.44. The first-order valence-electron chi connectivity index (χ1n) is 12.0. The van der Waals surface area contributed by atoms with Gasteiger partial charge in [0.15, 0.2) is 0 Å². The first-order chi connectivity index (χ1) is 15.9. The van der Waals surface area contributed by atoms with Crippen molar-refractivity contribution in [1.82, 2.24) is 15.5 Å². The number of carboxylic acids is 1. The van der Waals surface area contributed by atoms with Gasteiger partial charge in [-0.05, 0) is 59.9 Å². The second-order valence-corrected chi connectivity index (χ2v) is 9.99. The molecule has 0 aromatic carbocycles. The summed E-state index contributed by atoms with van der Waals surface area (Å²) < 4.78 is 10.9. The number of ether oxygens (including phenoxy) is 2. The number of aliphatic imine (C=N–C) groups is 1. The highest BCUT2D eigenvalue weighted by molar-refractivity contribution is 5.94. The van der Waals surface area contributed by atoms with E-state index in [1.165, 1.54) is 6.92 Å². The van der Waals surface area contributed by atoms with Crippen LogP contribution in [0.1, 0.15) is 60.8 Å². The molecule has 1 aliphatic heterocycles. The Labute approximate surface area is 202 Å². The summed E-state index contributed by atoms with van der Waals surface area (Å²) in [6, 6.07) is -1.34. The molecule has 0 radical (unpaired) electrons. The molecule has 192 valence electrons. The Kier molecular flexibility index (Phi) is 10.1. The molecule has 1 saturated heterocycles. The maximum absolute atomic E-state index is 12.2. The minimum atomic E-state index is -1.01. The summed E-state index contributed by atoms with van der Waals surface area (Å²) in [6.45, 7) is 13.2. The van der Waals surface area contributed by atoms with Crippen LogP contribution in [-0.2, 0) is 19.1 Å². The number of nitrogens with one attached hydrogen (secondary N) is 2. The molecule has 4 atom stereocenters. The van der Waals surface area contributed by atoms with E-state index in [0.717, 1.165) is 25.9 Å². The van der Waals surface area contributed by atoms with E-state index in [9.17, 15) is 19.5 Å². The Balaban J connectivity index is 2.31. The number of piperidine rings is 1. The quantitative estimate of drug-likeness (QED) is 0.377. The molecule has 1 fully saturated rings. The summed E-state index contributed by atoms with van der Waals surface area (Å²) in [6.07, 6.45) is 3.25. The maximum Gasteiger partial charge on any atom is 0.413 e. The number of aliphatic carboxylic acids is 1. The average molecular weight is 481 g/mol. The van der Waals surface area contributed by atoms with Gasteiger partial charge >= 0.3 is 12.1 Å². The van der Waals surface area contributed by atoms with Crippen molar-refractivity contribution >= 4 is 23.8 Å². The number of hydrogen-bond donors (Lipinski definition) is 3. The minimum absolute atomic E-state index is 0.139. The van der Waals surface area contributed by atoms with Gasteiger partial charge in [-0.1, -0.05) is 6.08 Å². The molecule has 0 saturated carbocycles. The van der Waals surface area contributed by atoms with Crippen LogP contribution in [0.5, 0.6) is 0 Å². The van der Waals surface area contributed by atoms with E-state index in [1.807, 2.05) is 6.92 Å². The molecule has 0 spiro atoms. The fourth-order valence-electron chi connectivity index (χ4n) is 4.51. The molecule has 0 aromatic rings. The fourth-order valence-corrected chi connectivity index (χ4v) is 4.51. The van der Waals surface area contributed by atoms with Gasteiger partial charge in [0.1, 0.15) is 11.4 Å². The van der Waals surface area contributed by atoms with Crippen LogP contribution in [0.25, 0.3) is 0 Å². The third-order valence-corrected chi connectivity index (χ3v) is 5.80. The third kappa shape index (κ3) is 8.72. The highest BCUT2D eigenvalue weighted by atomic mass is 16.6. The second kappa shape index (κ2) is 12.3. The smallest absolute Gasteiger partial charge is 0.413 e. The molecule has 10 heteroatoms. The molecular weight excluding hydrogens is 440 g/mol. The summed E-state index contributed by atoms with van der Waals surface area (Å²) in [5.41, 5.74) is -0.415. The number of carbonyl (C=O) groups is 3. The normalized spacial score (nSPS) is 26.4. The van der Waals surface area contributed by atoms with Crippen LogP contribution in [0, 0.1) is 5.92 Å². The summed E-state index contributed by atoms with van der Waals surface area (Å²) in [5.74, 6) is -0.587. The number of rotatable bonds is 7. The average Bonchev–Trinajstić information content (AvgIpc) is 2.71. The molecule has 3 N–H and O–H groups in total. The van der Waals surface area contributed by atoms with Crippen LogP contribution in [0.2, 0.25) is 0 Å². The summed E-state index contributed by atoms with van der Waals surface area (Å²) in [7, 11) is 0. The van der Waals surface area contributed by atoms with E-state index in [0.29, 0.717) is 25.0 Å². The largest absolute Gasteiger partial charge is 0.478 e. The molecule has 1 heterocycles. The highest BCUT2D eigenvalue weighted by Crippen LogP contribution is 2.29. The Morgan fingerprint density at radius 3 is 2.56 bits per heavy atom. The zero-order valence-electron chi connectivity index (χ0n) is 21.2. The number of amides is 2. The number of carboxylic acid groups (broad SMARTS) is 1. The molecular formula is C24H40N4O6. The lowest BCUT2D eigenvalue weighted by atomic mass is 9.84. The summed E-state index contributed by atoms with van der Waals surface area (Å²) in [4.78, 5) is 43.1. The Hall–Kier alpha value is -2.46. The van der Waals surface area contributed by atoms with Gasteiger partial charge in [0, 0.05) is 32.1 Å². The van der Waals surface area contributed by atoms with E-state index in [1.54, 1.807) is 33.8 Å². The van der Waals surface area contributed by atoms with Gasteiger partial charge in [0.2, 0.25) is 5.91 Å². The van der Waals surface area contributed by atoms with Gasteiger partial charge in [-0.15, -0.1) is 0 Å². The number of carbonyl (C=O) groups excluding carboxylic acids is 2. The molecule has 10 nitrogen and oxygen atoms in total. The summed E-state index contributed by atoms with van der Waals surface area (Å²) in [5, 5.41) is 15.4. The van der Waals surface area contributed by atoms with E-state index in [4.69, 9.17) is 9.47 Å². The van der Waals surface area contributed by atoms with Gasteiger partial charge in [-0.3, -0.25) is 20.0 Å². The topological polar surface area (TPSA) is 130 Å². The minimum Gasteiger partial charge on any atom is -0.478 e. The fraction of sp³-hybridized carbons (Fsp3) is 0.750. The van der Waals surface area contributed by atoms with Crippen molar-refractivity contribution in [3.05, 3.63) is 11.6 Å². The van der Waals surface area contributed by atoms with Gasteiger partial charge in [0.05, 0.1) is 24.7 Å². The first-order valence-corrected chi connectivity index (χ1v) is 12.0.